The van der Waals surface area contributed by atoms with Crippen LogP contribution >= 0.6 is 11.8 Å². The van der Waals surface area contributed by atoms with Gasteiger partial charge >= 0.3 is 0 Å². The molecule has 0 aliphatic heterocycles. The van der Waals surface area contributed by atoms with Gasteiger partial charge in [0, 0.05) is 12.3 Å². The molecule has 0 aromatic carbocycles. The highest BCUT2D eigenvalue weighted by Crippen LogP contribution is 1.98. The van der Waals surface area contributed by atoms with Gasteiger partial charge in [0.1, 0.15) is 0 Å². The van der Waals surface area contributed by atoms with Gasteiger partial charge in [-0.15, -0.1) is 0 Å². The van der Waals surface area contributed by atoms with Crippen LogP contribution in [-0.2, 0) is 0 Å². The predicted octanol–water partition coefficient (Wildman–Crippen LogP) is 2.91. The second-order valence-electron chi connectivity index (χ2n) is 3.01. The molecule has 0 heterocycles. The molecule has 0 aliphatic rings. The van der Waals surface area contributed by atoms with Crippen LogP contribution in [0.4, 0.5) is 0 Å². The minimum atomic E-state index is 1.19. The highest BCUT2D eigenvalue weighted by Gasteiger charge is 1.88. The van der Waals surface area contributed by atoms with Crippen LogP contribution in [0.3, 0.4) is 0 Å². The summed E-state index contributed by atoms with van der Waals surface area (Å²) in [5, 5.41) is 3.46. The van der Waals surface area contributed by atoms with Crippen LogP contribution in [0.15, 0.2) is 0 Å². The molecule has 0 radical (unpaired) electrons. The van der Waals surface area contributed by atoms with E-state index in [0.29, 0.717) is 0 Å². The van der Waals surface area contributed by atoms with Gasteiger partial charge in [-0.25, -0.2) is 0 Å². The first kappa shape index (κ1) is 12.3. The van der Waals surface area contributed by atoms with Gasteiger partial charge in [-0.3, -0.25) is 0 Å². The molecule has 0 fully saturated rings. The normalized spacial score (nSPS) is 10.5. The maximum Gasteiger partial charge on any atom is 0.00579 e. The first-order valence-electron chi connectivity index (χ1n) is 5.20. The van der Waals surface area contributed by atoms with Crippen molar-refractivity contribution in [2.24, 2.45) is 0 Å². The molecule has 0 spiro atoms. The molecule has 0 aromatic heterocycles. The van der Waals surface area contributed by atoms with Gasteiger partial charge < -0.3 is 5.32 Å². The summed E-state index contributed by atoms with van der Waals surface area (Å²) in [6, 6.07) is 0. The Hall–Kier alpha value is 0.310. The highest BCUT2D eigenvalue weighted by molar-refractivity contribution is 7.99. The van der Waals surface area contributed by atoms with Gasteiger partial charge in [-0.1, -0.05) is 33.1 Å². The number of rotatable bonds is 9. The van der Waals surface area contributed by atoms with Crippen molar-refractivity contribution in [1.29, 1.82) is 0 Å². The fourth-order valence-corrected chi connectivity index (χ4v) is 1.67. The summed E-state index contributed by atoms with van der Waals surface area (Å²) in [5.74, 6) is 2.52. The van der Waals surface area contributed by atoms with E-state index in [0.717, 1.165) is 0 Å². The van der Waals surface area contributed by atoms with Gasteiger partial charge in [0.25, 0.3) is 0 Å². The summed E-state index contributed by atoms with van der Waals surface area (Å²) in [6.07, 6.45) is 5.48. The number of thioether (sulfide) groups is 1. The van der Waals surface area contributed by atoms with E-state index < -0.39 is 0 Å². The molecule has 0 saturated carbocycles. The van der Waals surface area contributed by atoms with Crippen molar-refractivity contribution in [1.82, 2.24) is 5.32 Å². The number of hydrogen-bond acceptors (Lipinski definition) is 2. The van der Waals surface area contributed by atoms with E-state index in [-0.39, 0.29) is 0 Å². The van der Waals surface area contributed by atoms with E-state index in [1.54, 1.807) is 0 Å². The van der Waals surface area contributed by atoms with Crippen LogP contribution < -0.4 is 5.32 Å². The number of unbranched alkanes of at least 4 members (excludes halogenated alkanes) is 3. The zero-order chi connectivity index (χ0) is 9.07. The summed E-state index contributed by atoms with van der Waals surface area (Å²) in [4.78, 5) is 0. The van der Waals surface area contributed by atoms with Gasteiger partial charge in [0.15, 0.2) is 0 Å². The van der Waals surface area contributed by atoms with Crippen LogP contribution in [0.2, 0.25) is 0 Å². The zero-order valence-corrected chi connectivity index (χ0v) is 9.38. The van der Waals surface area contributed by atoms with Crippen molar-refractivity contribution in [2.45, 2.75) is 39.5 Å². The summed E-state index contributed by atoms with van der Waals surface area (Å²) < 4.78 is 0. The molecule has 74 valence electrons. The maximum absolute atomic E-state index is 3.46. The molecular formula is C10H23NS. The molecular weight excluding hydrogens is 166 g/mol. The lowest BCUT2D eigenvalue weighted by molar-refractivity contribution is 0.613. The molecule has 0 atom stereocenters. The average Bonchev–Trinajstić information content (AvgIpc) is 2.10. The van der Waals surface area contributed by atoms with Gasteiger partial charge in [-0.05, 0) is 18.7 Å². The molecule has 0 unspecified atom stereocenters. The number of hydrogen-bond donors (Lipinski definition) is 1. The lowest BCUT2D eigenvalue weighted by Gasteiger charge is -2.02. The van der Waals surface area contributed by atoms with Crippen molar-refractivity contribution in [2.75, 3.05) is 24.6 Å². The van der Waals surface area contributed by atoms with Crippen LogP contribution in [-0.4, -0.2) is 24.6 Å². The van der Waals surface area contributed by atoms with Crippen LogP contribution in [0.5, 0.6) is 0 Å². The first-order chi connectivity index (χ1) is 5.91. The Morgan fingerprint density at radius 2 is 1.83 bits per heavy atom. The van der Waals surface area contributed by atoms with Crippen molar-refractivity contribution < 1.29 is 0 Å². The quantitative estimate of drug-likeness (QED) is 0.560. The molecule has 0 bridgehead atoms. The smallest absolute Gasteiger partial charge is 0.00579 e. The third-order valence-electron chi connectivity index (χ3n) is 1.83. The molecule has 12 heavy (non-hydrogen) atoms. The Morgan fingerprint density at radius 3 is 2.50 bits per heavy atom. The van der Waals surface area contributed by atoms with Crippen LogP contribution in [0.25, 0.3) is 0 Å². The lowest BCUT2D eigenvalue weighted by atomic mass is 10.2. The Morgan fingerprint density at radius 1 is 1.00 bits per heavy atom. The van der Waals surface area contributed by atoms with E-state index in [2.05, 4.69) is 19.2 Å². The summed E-state index contributed by atoms with van der Waals surface area (Å²) in [6.45, 7) is 6.87. The molecule has 0 amide bonds. The Bertz CT molecular complexity index is 66.2. The van der Waals surface area contributed by atoms with E-state index in [4.69, 9.17) is 0 Å². The largest absolute Gasteiger partial charge is 0.316 e. The second kappa shape index (κ2) is 11.3. The van der Waals surface area contributed by atoms with E-state index >= 15 is 0 Å². The third kappa shape index (κ3) is 10.3. The third-order valence-corrected chi connectivity index (χ3v) is 2.74. The molecule has 0 aliphatic carbocycles. The summed E-state index contributed by atoms with van der Waals surface area (Å²) >= 11 is 2.01. The number of nitrogens with one attached hydrogen (secondary N) is 1. The predicted molar refractivity (Wildman–Crippen MR) is 60.0 cm³/mol. The van der Waals surface area contributed by atoms with Crippen molar-refractivity contribution >= 4 is 11.8 Å². The van der Waals surface area contributed by atoms with Crippen molar-refractivity contribution in [3.63, 3.8) is 0 Å². The van der Waals surface area contributed by atoms with E-state index in [1.165, 1.54) is 50.3 Å². The van der Waals surface area contributed by atoms with Crippen molar-refractivity contribution in [3.05, 3.63) is 0 Å². The standard InChI is InChI=1S/C10H23NS/c1-3-5-6-7-8-11-9-10-12-4-2/h11H,3-10H2,1-2H3. The average molecular weight is 189 g/mol. The molecule has 0 aromatic rings. The van der Waals surface area contributed by atoms with Gasteiger partial charge in [0.05, 0.1) is 0 Å². The maximum atomic E-state index is 3.46. The minimum absolute atomic E-state index is 1.19. The fourth-order valence-electron chi connectivity index (χ4n) is 1.09. The van der Waals surface area contributed by atoms with Gasteiger partial charge in [0.2, 0.25) is 0 Å². The lowest BCUT2D eigenvalue weighted by Crippen LogP contribution is -2.18. The van der Waals surface area contributed by atoms with Crippen molar-refractivity contribution in [3.8, 4) is 0 Å². The fraction of sp³-hybridized carbons (Fsp3) is 1.00. The van der Waals surface area contributed by atoms with E-state index in [1.807, 2.05) is 11.8 Å². The molecule has 2 heteroatoms. The topological polar surface area (TPSA) is 12.0 Å². The highest BCUT2D eigenvalue weighted by atomic mass is 32.2. The Labute approximate surface area is 81.7 Å². The Balaban J connectivity index is 2.73. The molecule has 0 rings (SSSR count). The molecule has 0 saturated heterocycles. The first-order valence-corrected chi connectivity index (χ1v) is 6.35. The van der Waals surface area contributed by atoms with Crippen LogP contribution in [0, 0.1) is 0 Å². The molecule has 1 nitrogen and oxygen atoms in total. The van der Waals surface area contributed by atoms with Crippen LogP contribution in [0.1, 0.15) is 39.5 Å². The SMILES string of the molecule is CCCCCCNCCSCC. The summed E-state index contributed by atoms with van der Waals surface area (Å²) in [5.41, 5.74) is 0. The molecule has 1 N–H and O–H groups in total. The Kier molecular flexibility index (Phi) is 11.6. The van der Waals surface area contributed by atoms with Gasteiger partial charge in [-0.2, -0.15) is 11.8 Å². The van der Waals surface area contributed by atoms with E-state index in [9.17, 15) is 0 Å². The second-order valence-corrected chi connectivity index (χ2v) is 4.40. The summed E-state index contributed by atoms with van der Waals surface area (Å²) in [7, 11) is 0. The monoisotopic (exact) mass is 189 g/mol. The zero-order valence-electron chi connectivity index (χ0n) is 8.57. The minimum Gasteiger partial charge on any atom is -0.316 e.